The van der Waals surface area contributed by atoms with Crippen molar-refractivity contribution in [1.29, 1.82) is 0 Å². The van der Waals surface area contributed by atoms with Crippen LogP contribution in [0.25, 0.3) is 10.9 Å². The van der Waals surface area contributed by atoms with Gasteiger partial charge in [0.15, 0.2) is 5.06 Å². The van der Waals surface area contributed by atoms with E-state index < -0.39 is 0 Å². The van der Waals surface area contributed by atoms with Crippen molar-refractivity contribution in [2.45, 2.75) is 13.1 Å². The van der Waals surface area contributed by atoms with E-state index in [4.69, 9.17) is 9.47 Å². The molecule has 148 valence electrons. The maximum Gasteiger partial charge on any atom is 0.264 e. The number of hydrogen-bond donors (Lipinski definition) is 1. The summed E-state index contributed by atoms with van der Waals surface area (Å²) in [7, 11) is 3.26. The van der Waals surface area contributed by atoms with Crippen LogP contribution in [0.4, 0.5) is 0 Å². The number of ether oxygens (including phenoxy) is 2. The van der Waals surface area contributed by atoms with E-state index in [1.54, 1.807) is 14.2 Å². The number of H-pyrrole nitrogens is 1. The Morgan fingerprint density at radius 3 is 2.48 bits per heavy atom. The van der Waals surface area contributed by atoms with Crippen LogP contribution in [0.5, 0.6) is 10.8 Å². The van der Waals surface area contributed by atoms with Crippen LogP contribution in [0.2, 0.25) is 0 Å². The van der Waals surface area contributed by atoms with Crippen LogP contribution < -0.4 is 9.47 Å². The second kappa shape index (κ2) is 8.41. The predicted molar refractivity (Wildman–Crippen MR) is 116 cm³/mol. The van der Waals surface area contributed by atoms with E-state index >= 15 is 0 Å². The molecule has 0 atom stereocenters. The van der Waals surface area contributed by atoms with Crippen LogP contribution in [-0.2, 0) is 13.1 Å². The van der Waals surface area contributed by atoms with Crippen molar-refractivity contribution in [3.05, 3.63) is 82.9 Å². The third-order valence-electron chi connectivity index (χ3n) is 4.87. The smallest absolute Gasteiger partial charge is 0.264 e. The number of amides is 1. The lowest BCUT2D eigenvalue weighted by Gasteiger charge is -2.23. The van der Waals surface area contributed by atoms with Gasteiger partial charge in [-0.15, -0.1) is 0 Å². The molecule has 1 amide bonds. The third-order valence-corrected chi connectivity index (χ3v) is 5.90. The van der Waals surface area contributed by atoms with Gasteiger partial charge in [-0.2, -0.15) is 0 Å². The Balaban J connectivity index is 1.68. The number of thiophene rings is 1. The summed E-state index contributed by atoms with van der Waals surface area (Å²) in [4.78, 5) is 19.2. The molecule has 0 saturated carbocycles. The van der Waals surface area contributed by atoms with Crippen molar-refractivity contribution in [2.75, 3.05) is 14.2 Å². The topological polar surface area (TPSA) is 54.6 Å². The largest absolute Gasteiger partial charge is 0.496 e. The van der Waals surface area contributed by atoms with Gasteiger partial charge in [0, 0.05) is 29.2 Å². The average Bonchev–Trinajstić information content (AvgIpc) is 3.40. The number of nitrogens with zero attached hydrogens (tertiary/aromatic N) is 1. The van der Waals surface area contributed by atoms with Gasteiger partial charge in [-0.25, -0.2) is 0 Å². The first kappa shape index (κ1) is 19.1. The van der Waals surface area contributed by atoms with Crippen molar-refractivity contribution >= 4 is 28.1 Å². The van der Waals surface area contributed by atoms with E-state index in [0.717, 1.165) is 32.8 Å². The highest BCUT2D eigenvalue weighted by atomic mass is 32.1. The Kier molecular flexibility index (Phi) is 5.53. The maximum atomic E-state index is 13.4. The summed E-state index contributed by atoms with van der Waals surface area (Å²) in [5.74, 6) is 0.738. The first-order valence-electron chi connectivity index (χ1n) is 9.29. The Morgan fingerprint density at radius 2 is 1.69 bits per heavy atom. The normalized spacial score (nSPS) is 10.8. The number of carbonyl (C=O) groups excluding carboxylic acids is 1. The standard InChI is InChI=1S/C23H22N2O3S/c1-27-20-10-6-3-7-16(20)14-25(23(26)21-11-12-22(28-2)29-21)15-17-13-24-19-9-5-4-8-18(17)19/h3-13,24H,14-15H2,1-2H3. The molecule has 0 bridgehead atoms. The number of benzene rings is 2. The number of fused-ring (bicyclic) bond motifs is 1. The van der Waals surface area contributed by atoms with Crippen LogP contribution in [0.15, 0.2) is 66.9 Å². The van der Waals surface area contributed by atoms with E-state index in [9.17, 15) is 4.79 Å². The molecule has 0 fully saturated rings. The fourth-order valence-electron chi connectivity index (χ4n) is 3.41. The Bertz CT molecular complexity index is 1130. The van der Waals surface area contributed by atoms with Gasteiger partial charge in [-0.3, -0.25) is 4.79 Å². The molecular weight excluding hydrogens is 384 g/mol. The van der Waals surface area contributed by atoms with E-state index in [2.05, 4.69) is 11.1 Å². The fraction of sp³-hybridized carbons (Fsp3) is 0.174. The fourth-order valence-corrected chi connectivity index (χ4v) is 4.20. The first-order valence-corrected chi connectivity index (χ1v) is 10.1. The summed E-state index contributed by atoms with van der Waals surface area (Å²) in [6.07, 6.45) is 1.97. The molecule has 6 heteroatoms. The molecule has 0 radical (unpaired) electrons. The maximum absolute atomic E-state index is 13.4. The lowest BCUT2D eigenvalue weighted by atomic mass is 10.1. The second-order valence-corrected chi connectivity index (χ2v) is 7.70. The van der Waals surface area contributed by atoms with Crippen LogP contribution in [0.3, 0.4) is 0 Å². The summed E-state index contributed by atoms with van der Waals surface area (Å²) in [6, 6.07) is 19.5. The molecule has 2 aromatic heterocycles. The summed E-state index contributed by atoms with van der Waals surface area (Å²) < 4.78 is 10.8. The molecule has 4 rings (SSSR count). The molecule has 4 aromatic rings. The zero-order chi connectivity index (χ0) is 20.2. The number of aromatic nitrogens is 1. The minimum absolute atomic E-state index is 0.0329. The molecule has 0 aliphatic carbocycles. The van der Waals surface area contributed by atoms with Crippen molar-refractivity contribution in [2.24, 2.45) is 0 Å². The van der Waals surface area contributed by atoms with Gasteiger partial charge in [0.05, 0.1) is 25.6 Å². The zero-order valence-electron chi connectivity index (χ0n) is 16.3. The van der Waals surface area contributed by atoms with Gasteiger partial charge in [0.2, 0.25) is 0 Å². The van der Waals surface area contributed by atoms with Gasteiger partial charge < -0.3 is 19.4 Å². The summed E-state index contributed by atoms with van der Waals surface area (Å²) in [6.45, 7) is 0.934. The lowest BCUT2D eigenvalue weighted by molar-refractivity contribution is 0.0734. The molecule has 0 spiro atoms. The molecular formula is C23H22N2O3S. The molecule has 2 heterocycles. The molecule has 29 heavy (non-hydrogen) atoms. The minimum Gasteiger partial charge on any atom is -0.496 e. The van der Waals surface area contributed by atoms with Gasteiger partial charge in [-0.1, -0.05) is 47.7 Å². The number of rotatable bonds is 7. The van der Waals surface area contributed by atoms with Gasteiger partial charge >= 0.3 is 0 Å². The Labute approximate surface area is 173 Å². The van der Waals surface area contributed by atoms with E-state index in [1.807, 2.05) is 65.7 Å². The molecule has 0 aliphatic rings. The first-order chi connectivity index (χ1) is 14.2. The van der Waals surface area contributed by atoms with Crippen LogP contribution in [0.1, 0.15) is 20.8 Å². The highest BCUT2D eigenvalue weighted by Crippen LogP contribution is 2.28. The summed E-state index contributed by atoms with van der Waals surface area (Å²) >= 11 is 1.35. The van der Waals surface area contributed by atoms with E-state index in [0.29, 0.717) is 18.0 Å². The average molecular weight is 407 g/mol. The Hall–Kier alpha value is -3.25. The number of carbonyl (C=O) groups is 1. The van der Waals surface area contributed by atoms with Crippen molar-refractivity contribution in [1.82, 2.24) is 9.88 Å². The molecule has 2 aromatic carbocycles. The van der Waals surface area contributed by atoms with Crippen LogP contribution in [0, 0.1) is 0 Å². The second-order valence-electron chi connectivity index (χ2n) is 6.66. The van der Waals surface area contributed by atoms with Gasteiger partial charge in [-0.05, 0) is 29.8 Å². The highest BCUT2D eigenvalue weighted by molar-refractivity contribution is 7.15. The van der Waals surface area contributed by atoms with Gasteiger partial charge in [0.1, 0.15) is 5.75 Å². The van der Waals surface area contributed by atoms with E-state index in [1.165, 1.54) is 11.3 Å². The lowest BCUT2D eigenvalue weighted by Crippen LogP contribution is -2.29. The van der Waals surface area contributed by atoms with Crippen molar-refractivity contribution < 1.29 is 14.3 Å². The molecule has 1 N–H and O–H groups in total. The van der Waals surface area contributed by atoms with E-state index in [-0.39, 0.29) is 5.91 Å². The summed E-state index contributed by atoms with van der Waals surface area (Å²) in [5.41, 5.74) is 3.10. The number of methoxy groups -OCH3 is 2. The number of para-hydroxylation sites is 2. The van der Waals surface area contributed by atoms with Gasteiger partial charge in [0.25, 0.3) is 5.91 Å². The number of nitrogens with one attached hydrogen (secondary N) is 1. The quantitative estimate of drug-likeness (QED) is 0.465. The highest BCUT2D eigenvalue weighted by Gasteiger charge is 2.21. The predicted octanol–water partition coefficient (Wildman–Crippen LogP) is 5.09. The minimum atomic E-state index is -0.0329. The third kappa shape index (κ3) is 3.98. The van der Waals surface area contributed by atoms with Crippen LogP contribution >= 0.6 is 11.3 Å². The molecule has 0 saturated heterocycles. The number of hydrogen-bond acceptors (Lipinski definition) is 4. The zero-order valence-corrected chi connectivity index (χ0v) is 17.2. The number of aromatic amines is 1. The summed E-state index contributed by atoms with van der Waals surface area (Å²) in [5, 5.41) is 1.84. The SMILES string of the molecule is COc1ccc(C(=O)N(Cc2ccccc2OC)Cc2c[nH]c3ccccc23)s1. The van der Waals surface area contributed by atoms with Crippen molar-refractivity contribution in [3.8, 4) is 10.8 Å². The molecule has 0 unspecified atom stereocenters. The van der Waals surface area contributed by atoms with Crippen molar-refractivity contribution in [3.63, 3.8) is 0 Å². The molecule has 5 nitrogen and oxygen atoms in total. The molecule has 0 aliphatic heterocycles. The Morgan fingerprint density at radius 1 is 0.931 bits per heavy atom. The monoisotopic (exact) mass is 406 g/mol. The van der Waals surface area contributed by atoms with Crippen LogP contribution in [-0.4, -0.2) is 30.0 Å².